The van der Waals surface area contributed by atoms with E-state index in [1.54, 1.807) is 13.3 Å². The van der Waals surface area contributed by atoms with Crippen LogP contribution in [0.2, 0.25) is 5.02 Å². The minimum absolute atomic E-state index is 0.170. The van der Waals surface area contributed by atoms with Crippen LogP contribution in [0.25, 0.3) is 5.69 Å². The average molecular weight is 584 g/mol. The van der Waals surface area contributed by atoms with E-state index in [1.807, 2.05) is 54.6 Å². The molecule has 0 bridgehead atoms. The summed E-state index contributed by atoms with van der Waals surface area (Å²) in [5.41, 5.74) is 3.87. The molecule has 1 aliphatic heterocycles. The number of benzene rings is 2. The van der Waals surface area contributed by atoms with Crippen LogP contribution < -0.4 is 15.0 Å². The maximum Gasteiger partial charge on any atom is 0.174 e. The molecule has 4 aromatic rings. The van der Waals surface area contributed by atoms with Crippen LogP contribution in [0.1, 0.15) is 23.5 Å². The van der Waals surface area contributed by atoms with Gasteiger partial charge in [0, 0.05) is 41.0 Å². The summed E-state index contributed by atoms with van der Waals surface area (Å²) in [5.74, 6) is 0.603. The fourth-order valence-electron chi connectivity index (χ4n) is 4.42. The van der Waals surface area contributed by atoms with E-state index in [0.29, 0.717) is 29.1 Å². The van der Waals surface area contributed by atoms with Crippen molar-refractivity contribution in [2.75, 3.05) is 25.2 Å². The molecule has 0 spiro atoms. The third-order valence-corrected chi connectivity index (χ3v) is 7.11. The van der Waals surface area contributed by atoms with Gasteiger partial charge in [-0.15, -0.1) is 0 Å². The highest BCUT2D eigenvalue weighted by Gasteiger charge is 2.42. The molecule has 184 valence electrons. The van der Waals surface area contributed by atoms with Crippen molar-refractivity contribution in [2.45, 2.75) is 12.1 Å². The number of pyridine rings is 1. The van der Waals surface area contributed by atoms with Crippen molar-refractivity contribution in [2.24, 2.45) is 0 Å². The molecule has 6 nitrogen and oxygen atoms in total. The third-order valence-electron chi connectivity index (χ3n) is 6.01. The Hall–Kier alpha value is -2.91. The van der Waals surface area contributed by atoms with Crippen molar-refractivity contribution < 1.29 is 9.47 Å². The first-order valence-corrected chi connectivity index (χ1v) is 13.0. The number of hydrogen-bond acceptors (Lipinski definition) is 4. The standard InChI is InChI=1S/C27H24BrClN4O2S/c1-34-14-15-35-24-11-10-20(17-21(24)29)33-26(25(31-27(33)36)22-8-2-3-12-30-22)23-9-5-13-32(23)19-7-4-6-18(28)16-19/h2-13,16-17,25-26H,14-15H2,1H3,(H,31,36)/t25-,26-/m0/s1. The highest BCUT2D eigenvalue weighted by molar-refractivity contribution is 9.10. The largest absolute Gasteiger partial charge is 0.490 e. The van der Waals surface area contributed by atoms with Gasteiger partial charge in [0.05, 0.1) is 23.4 Å². The van der Waals surface area contributed by atoms with Gasteiger partial charge in [-0.1, -0.05) is 39.7 Å². The van der Waals surface area contributed by atoms with Crippen LogP contribution >= 0.6 is 39.7 Å². The lowest BCUT2D eigenvalue weighted by molar-refractivity contribution is 0.146. The first-order valence-electron chi connectivity index (χ1n) is 11.4. The van der Waals surface area contributed by atoms with E-state index in [2.05, 4.69) is 60.1 Å². The molecule has 5 rings (SSSR count). The molecule has 2 aromatic heterocycles. The van der Waals surface area contributed by atoms with Gasteiger partial charge in [0.2, 0.25) is 0 Å². The number of ether oxygens (including phenoxy) is 2. The molecule has 0 aliphatic carbocycles. The van der Waals surface area contributed by atoms with Crippen LogP contribution in [0.5, 0.6) is 5.75 Å². The summed E-state index contributed by atoms with van der Waals surface area (Å²) in [6.45, 7) is 0.905. The van der Waals surface area contributed by atoms with E-state index in [9.17, 15) is 0 Å². The van der Waals surface area contributed by atoms with Crippen molar-refractivity contribution >= 4 is 50.5 Å². The zero-order valence-electron chi connectivity index (χ0n) is 19.5. The molecule has 1 saturated heterocycles. The van der Waals surface area contributed by atoms with Gasteiger partial charge in [-0.05, 0) is 72.9 Å². The van der Waals surface area contributed by atoms with Crippen molar-refractivity contribution in [1.82, 2.24) is 14.9 Å². The number of nitrogens with one attached hydrogen (secondary N) is 1. The monoisotopic (exact) mass is 582 g/mol. The molecule has 1 aliphatic rings. The quantitative estimate of drug-likeness (QED) is 0.189. The molecule has 1 fully saturated rings. The maximum absolute atomic E-state index is 6.63. The number of hydrogen-bond donors (Lipinski definition) is 1. The Kier molecular flexibility index (Phi) is 7.57. The molecule has 1 N–H and O–H groups in total. The average Bonchev–Trinajstić information content (AvgIpc) is 3.50. The summed E-state index contributed by atoms with van der Waals surface area (Å²) in [5, 5.41) is 4.61. The van der Waals surface area contributed by atoms with Crippen LogP contribution in [0.15, 0.2) is 89.7 Å². The second kappa shape index (κ2) is 11.0. The second-order valence-electron chi connectivity index (χ2n) is 8.24. The fourth-order valence-corrected chi connectivity index (χ4v) is 5.38. The number of anilines is 1. The number of nitrogens with zero attached hydrogens (tertiary/aromatic N) is 3. The molecular formula is C27H24BrClN4O2S. The molecule has 9 heteroatoms. The van der Waals surface area contributed by atoms with Crippen LogP contribution in [0, 0.1) is 0 Å². The van der Waals surface area contributed by atoms with E-state index in [4.69, 9.17) is 33.3 Å². The Labute approximate surface area is 228 Å². The Balaban J connectivity index is 1.59. The van der Waals surface area contributed by atoms with Gasteiger partial charge in [-0.3, -0.25) is 4.98 Å². The van der Waals surface area contributed by atoms with E-state index < -0.39 is 0 Å². The van der Waals surface area contributed by atoms with E-state index >= 15 is 0 Å². The van der Waals surface area contributed by atoms with Gasteiger partial charge in [-0.25, -0.2) is 0 Å². The second-order valence-corrected chi connectivity index (χ2v) is 9.95. The number of methoxy groups -OCH3 is 1. The third kappa shape index (κ3) is 4.99. The van der Waals surface area contributed by atoms with Crippen LogP contribution in [0.4, 0.5) is 5.69 Å². The van der Waals surface area contributed by atoms with E-state index in [1.165, 1.54) is 0 Å². The summed E-state index contributed by atoms with van der Waals surface area (Å²) in [6, 6.07) is 23.7. The van der Waals surface area contributed by atoms with Crippen LogP contribution in [-0.4, -0.2) is 35.0 Å². The van der Waals surface area contributed by atoms with Gasteiger partial charge in [0.1, 0.15) is 18.4 Å². The lowest BCUT2D eigenvalue weighted by Crippen LogP contribution is -2.30. The van der Waals surface area contributed by atoms with Gasteiger partial charge >= 0.3 is 0 Å². The lowest BCUT2D eigenvalue weighted by Gasteiger charge is -2.29. The normalized spacial score (nSPS) is 17.3. The van der Waals surface area contributed by atoms with Gasteiger partial charge in [0.25, 0.3) is 0 Å². The van der Waals surface area contributed by atoms with Gasteiger partial charge < -0.3 is 24.3 Å². The minimum atomic E-state index is -0.183. The summed E-state index contributed by atoms with van der Waals surface area (Å²) in [4.78, 5) is 6.75. The first kappa shape index (κ1) is 24.8. The summed E-state index contributed by atoms with van der Waals surface area (Å²) >= 11 is 16.1. The summed E-state index contributed by atoms with van der Waals surface area (Å²) < 4.78 is 14.0. The SMILES string of the molecule is COCCOc1ccc(N2C(=S)N[C@@H](c3ccccn3)[C@@H]2c2cccn2-c2cccc(Br)c2)cc1Cl. The number of aromatic nitrogens is 2. The lowest BCUT2D eigenvalue weighted by atomic mass is 10.0. The number of rotatable bonds is 8. The van der Waals surface area contributed by atoms with Crippen molar-refractivity contribution in [3.8, 4) is 11.4 Å². The Morgan fingerprint density at radius 3 is 2.67 bits per heavy atom. The number of thiocarbonyl (C=S) groups is 1. The Morgan fingerprint density at radius 1 is 1.03 bits per heavy atom. The highest BCUT2D eigenvalue weighted by atomic mass is 79.9. The Morgan fingerprint density at radius 2 is 1.92 bits per heavy atom. The molecule has 3 heterocycles. The minimum Gasteiger partial charge on any atom is -0.490 e. The van der Waals surface area contributed by atoms with Crippen molar-refractivity contribution in [3.63, 3.8) is 0 Å². The first-order chi connectivity index (χ1) is 17.6. The van der Waals surface area contributed by atoms with Crippen LogP contribution in [-0.2, 0) is 4.74 Å². The molecular weight excluding hydrogens is 560 g/mol. The molecule has 0 saturated carbocycles. The molecule has 2 atom stereocenters. The fraction of sp³-hybridized carbons (Fsp3) is 0.185. The molecule has 2 aromatic carbocycles. The van der Waals surface area contributed by atoms with Gasteiger partial charge in [0.15, 0.2) is 5.11 Å². The van der Waals surface area contributed by atoms with Crippen LogP contribution in [0.3, 0.4) is 0 Å². The predicted octanol–water partition coefficient (Wildman–Crippen LogP) is 6.49. The molecule has 0 unspecified atom stereocenters. The molecule has 0 amide bonds. The summed E-state index contributed by atoms with van der Waals surface area (Å²) in [6.07, 6.45) is 3.86. The van der Waals surface area contributed by atoms with E-state index in [-0.39, 0.29) is 12.1 Å². The van der Waals surface area contributed by atoms with Gasteiger partial charge in [-0.2, -0.15) is 0 Å². The smallest absolute Gasteiger partial charge is 0.174 e. The Bertz CT molecular complexity index is 1370. The molecule has 0 radical (unpaired) electrons. The highest BCUT2D eigenvalue weighted by Crippen LogP contribution is 2.43. The zero-order valence-corrected chi connectivity index (χ0v) is 22.6. The maximum atomic E-state index is 6.63. The zero-order chi connectivity index (χ0) is 25.1. The van der Waals surface area contributed by atoms with E-state index in [0.717, 1.165) is 27.2 Å². The predicted molar refractivity (Wildman–Crippen MR) is 150 cm³/mol. The topological polar surface area (TPSA) is 51.6 Å². The van der Waals surface area contributed by atoms with Crippen molar-refractivity contribution in [1.29, 1.82) is 0 Å². The number of halogens is 2. The summed E-state index contributed by atoms with van der Waals surface area (Å²) in [7, 11) is 1.64. The molecule has 36 heavy (non-hydrogen) atoms. The van der Waals surface area contributed by atoms with Crippen molar-refractivity contribution in [3.05, 3.63) is 106 Å².